The quantitative estimate of drug-likeness (QED) is 0.882. The van der Waals surface area contributed by atoms with Crippen LogP contribution in [0.4, 0.5) is 0 Å². The molecule has 0 radical (unpaired) electrons. The number of aliphatic hydroxyl groups excluding tert-OH is 1. The molecule has 0 saturated heterocycles. The lowest BCUT2D eigenvalue weighted by Gasteiger charge is -2.15. The number of aliphatic hydroxyl groups is 1. The fraction of sp³-hybridized carbons (Fsp3) is 0.381. The standard InChI is InChI=1S/C21H21N3O3/c1-12(2)26-19-9-6-13(10-14(19)11-22)21-23-20(24-27-21)17-5-3-4-16-15(17)7-8-18(16)25/h5-6,9-10,12,18,25H,3-4,7-8H2,1-2H3. The lowest BCUT2D eigenvalue weighted by Crippen LogP contribution is -2.07. The summed E-state index contributed by atoms with van der Waals surface area (Å²) in [5.74, 6) is 1.44. The Hall–Kier alpha value is -2.91. The number of nitriles is 1. The molecule has 0 spiro atoms. The Morgan fingerprint density at radius 2 is 2.19 bits per heavy atom. The number of hydrogen-bond acceptors (Lipinski definition) is 6. The first-order valence-electron chi connectivity index (χ1n) is 9.22. The van der Waals surface area contributed by atoms with E-state index in [0.29, 0.717) is 28.6 Å². The van der Waals surface area contributed by atoms with Gasteiger partial charge in [-0.15, -0.1) is 0 Å². The topological polar surface area (TPSA) is 92.2 Å². The maximum absolute atomic E-state index is 10.1. The van der Waals surface area contributed by atoms with E-state index in [1.165, 1.54) is 0 Å². The monoisotopic (exact) mass is 363 g/mol. The summed E-state index contributed by atoms with van der Waals surface area (Å²) in [6.45, 7) is 3.83. The molecule has 138 valence electrons. The minimum Gasteiger partial charge on any atom is -0.490 e. The van der Waals surface area contributed by atoms with Crippen molar-refractivity contribution in [1.29, 1.82) is 5.26 Å². The number of nitrogens with zero attached hydrogens (tertiary/aromatic N) is 3. The summed E-state index contributed by atoms with van der Waals surface area (Å²) < 4.78 is 11.1. The van der Waals surface area contributed by atoms with Crippen LogP contribution >= 0.6 is 0 Å². The van der Waals surface area contributed by atoms with Crippen molar-refractivity contribution in [2.24, 2.45) is 0 Å². The molecule has 4 rings (SSSR count). The van der Waals surface area contributed by atoms with E-state index in [1.807, 2.05) is 19.9 Å². The van der Waals surface area contributed by atoms with Crippen LogP contribution in [0.1, 0.15) is 50.9 Å². The number of ether oxygens (including phenoxy) is 1. The van der Waals surface area contributed by atoms with Gasteiger partial charge in [0.05, 0.1) is 17.8 Å². The average molecular weight is 363 g/mol. The summed E-state index contributed by atoms with van der Waals surface area (Å²) in [6, 6.07) is 7.43. The first-order valence-corrected chi connectivity index (χ1v) is 9.22. The van der Waals surface area contributed by atoms with Crippen molar-refractivity contribution in [2.45, 2.75) is 51.7 Å². The molecular formula is C21H21N3O3. The summed E-state index contributed by atoms with van der Waals surface area (Å²) in [5.41, 5.74) is 4.34. The van der Waals surface area contributed by atoms with Crippen molar-refractivity contribution in [1.82, 2.24) is 10.1 Å². The highest BCUT2D eigenvalue weighted by atomic mass is 16.5. The molecule has 0 aliphatic heterocycles. The smallest absolute Gasteiger partial charge is 0.258 e. The average Bonchev–Trinajstić information content (AvgIpc) is 3.29. The van der Waals surface area contributed by atoms with Gasteiger partial charge in [0.1, 0.15) is 11.8 Å². The fourth-order valence-electron chi connectivity index (χ4n) is 3.72. The van der Waals surface area contributed by atoms with Gasteiger partial charge in [0.25, 0.3) is 5.89 Å². The molecule has 6 nitrogen and oxygen atoms in total. The SMILES string of the molecule is CC(C)Oc1ccc(-c2nc(C3=CCCC4=C3CCC4O)no2)cc1C#N. The Balaban J connectivity index is 1.65. The Morgan fingerprint density at radius 1 is 1.33 bits per heavy atom. The maximum atomic E-state index is 10.1. The third-order valence-electron chi connectivity index (χ3n) is 4.92. The zero-order valence-corrected chi connectivity index (χ0v) is 15.4. The van der Waals surface area contributed by atoms with Crippen LogP contribution in [0, 0.1) is 11.3 Å². The van der Waals surface area contributed by atoms with Crippen molar-refractivity contribution in [3.8, 4) is 23.3 Å². The highest BCUT2D eigenvalue weighted by Crippen LogP contribution is 2.41. The second kappa shape index (κ2) is 7.01. The molecule has 1 aromatic carbocycles. The van der Waals surface area contributed by atoms with Gasteiger partial charge in [0, 0.05) is 11.1 Å². The molecule has 0 fully saturated rings. The summed E-state index contributed by atoms with van der Waals surface area (Å²) in [4.78, 5) is 4.54. The van der Waals surface area contributed by atoms with Crippen molar-refractivity contribution in [3.05, 3.63) is 46.8 Å². The van der Waals surface area contributed by atoms with E-state index in [4.69, 9.17) is 9.26 Å². The van der Waals surface area contributed by atoms with E-state index in [-0.39, 0.29) is 12.2 Å². The maximum Gasteiger partial charge on any atom is 0.258 e. The van der Waals surface area contributed by atoms with Crippen LogP contribution in [-0.2, 0) is 0 Å². The molecule has 1 N–H and O–H groups in total. The van der Waals surface area contributed by atoms with Crippen LogP contribution in [0.25, 0.3) is 17.0 Å². The Kier molecular flexibility index (Phi) is 4.54. The number of benzene rings is 1. The van der Waals surface area contributed by atoms with Crippen LogP contribution in [0.15, 0.2) is 39.9 Å². The minimum absolute atomic E-state index is 0.0135. The van der Waals surface area contributed by atoms with Crippen molar-refractivity contribution < 1.29 is 14.4 Å². The number of allylic oxidation sites excluding steroid dienone is 3. The molecule has 0 amide bonds. The van der Waals surface area contributed by atoms with Gasteiger partial charge in [-0.3, -0.25) is 0 Å². The van der Waals surface area contributed by atoms with E-state index < -0.39 is 0 Å². The van der Waals surface area contributed by atoms with E-state index >= 15 is 0 Å². The predicted molar refractivity (Wildman–Crippen MR) is 99.7 cm³/mol. The first-order chi connectivity index (χ1) is 13.1. The van der Waals surface area contributed by atoms with Gasteiger partial charge in [-0.25, -0.2) is 0 Å². The first kappa shape index (κ1) is 17.5. The van der Waals surface area contributed by atoms with Crippen LogP contribution < -0.4 is 4.74 Å². The zero-order chi connectivity index (χ0) is 19.0. The van der Waals surface area contributed by atoms with Gasteiger partial charge in [-0.05, 0) is 68.9 Å². The lowest BCUT2D eigenvalue weighted by molar-refractivity contribution is 0.208. The summed E-state index contributed by atoms with van der Waals surface area (Å²) in [6.07, 6.45) is 5.12. The van der Waals surface area contributed by atoms with E-state index in [0.717, 1.165) is 42.4 Å². The molecule has 2 aromatic rings. The summed E-state index contributed by atoms with van der Waals surface area (Å²) in [5, 5.41) is 23.7. The molecule has 1 unspecified atom stereocenters. The van der Waals surface area contributed by atoms with Crippen LogP contribution in [0.3, 0.4) is 0 Å². The molecular weight excluding hydrogens is 342 g/mol. The Labute approximate surface area is 157 Å². The predicted octanol–water partition coefficient (Wildman–Crippen LogP) is 4.02. The molecule has 2 aliphatic rings. The van der Waals surface area contributed by atoms with Gasteiger partial charge >= 0.3 is 0 Å². The third-order valence-corrected chi connectivity index (χ3v) is 4.92. The van der Waals surface area contributed by atoms with Gasteiger partial charge in [-0.1, -0.05) is 11.2 Å². The molecule has 27 heavy (non-hydrogen) atoms. The van der Waals surface area contributed by atoms with E-state index in [9.17, 15) is 10.4 Å². The second-order valence-corrected chi connectivity index (χ2v) is 7.13. The number of aromatic nitrogens is 2. The van der Waals surface area contributed by atoms with Gasteiger partial charge < -0.3 is 14.4 Å². The van der Waals surface area contributed by atoms with Crippen LogP contribution in [-0.4, -0.2) is 27.5 Å². The molecule has 0 saturated carbocycles. The zero-order valence-electron chi connectivity index (χ0n) is 15.4. The molecule has 1 aromatic heterocycles. The highest BCUT2D eigenvalue weighted by molar-refractivity contribution is 5.79. The summed E-state index contributed by atoms with van der Waals surface area (Å²) in [7, 11) is 0. The highest BCUT2D eigenvalue weighted by Gasteiger charge is 2.30. The van der Waals surface area contributed by atoms with Gasteiger partial charge in [0.2, 0.25) is 5.82 Å². The third kappa shape index (κ3) is 3.26. The molecule has 2 aliphatic carbocycles. The molecule has 1 atom stereocenters. The Bertz CT molecular complexity index is 979. The molecule has 0 bridgehead atoms. The minimum atomic E-state index is -0.346. The van der Waals surface area contributed by atoms with Crippen molar-refractivity contribution in [2.75, 3.05) is 0 Å². The largest absolute Gasteiger partial charge is 0.490 e. The van der Waals surface area contributed by atoms with E-state index in [1.54, 1.807) is 12.1 Å². The number of hydrogen-bond donors (Lipinski definition) is 1. The lowest BCUT2D eigenvalue weighted by atomic mass is 9.92. The van der Waals surface area contributed by atoms with Crippen molar-refractivity contribution in [3.63, 3.8) is 0 Å². The molecule has 1 heterocycles. The van der Waals surface area contributed by atoms with Crippen LogP contribution in [0.2, 0.25) is 0 Å². The van der Waals surface area contributed by atoms with Gasteiger partial charge in [0.15, 0.2) is 0 Å². The Morgan fingerprint density at radius 3 is 2.96 bits per heavy atom. The second-order valence-electron chi connectivity index (χ2n) is 7.13. The number of rotatable bonds is 4. The fourth-order valence-corrected chi connectivity index (χ4v) is 3.72. The van der Waals surface area contributed by atoms with E-state index in [2.05, 4.69) is 22.3 Å². The molecule has 6 heteroatoms. The summed E-state index contributed by atoms with van der Waals surface area (Å²) >= 11 is 0. The van der Waals surface area contributed by atoms with Gasteiger partial charge in [-0.2, -0.15) is 10.2 Å². The van der Waals surface area contributed by atoms with Crippen molar-refractivity contribution >= 4 is 5.57 Å². The normalized spacial score (nSPS) is 19.1. The van der Waals surface area contributed by atoms with Crippen LogP contribution in [0.5, 0.6) is 5.75 Å².